The molecule has 1 fully saturated rings. The zero-order chi connectivity index (χ0) is 19.5. The molecular weight excluding hydrogens is 356 g/mol. The first kappa shape index (κ1) is 18.6. The van der Waals surface area contributed by atoms with E-state index in [1.165, 1.54) is 7.11 Å². The van der Waals surface area contributed by atoms with Crippen molar-refractivity contribution in [2.45, 2.75) is 18.9 Å². The Bertz CT molecular complexity index is 1010. The minimum Gasteiger partial charge on any atom is -0.465 e. The van der Waals surface area contributed by atoms with Crippen LogP contribution in [0.2, 0.25) is 0 Å². The third-order valence-electron chi connectivity index (χ3n) is 5.14. The second kappa shape index (κ2) is 8.08. The second-order valence-corrected chi connectivity index (χ2v) is 6.95. The van der Waals surface area contributed by atoms with Gasteiger partial charge in [-0.3, -0.25) is 4.98 Å². The molecule has 1 aromatic carbocycles. The Hall–Kier alpha value is -2.77. The molecule has 0 spiro atoms. The lowest BCUT2D eigenvalue weighted by Gasteiger charge is -2.20. The first-order chi connectivity index (χ1) is 13.7. The van der Waals surface area contributed by atoms with E-state index in [1.54, 1.807) is 18.3 Å². The predicted octanol–water partition coefficient (Wildman–Crippen LogP) is 2.51. The molecule has 1 aliphatic heterocycles. The topological polar surface area (TPSA) is 90.6 Å². The van der Waals surface area contributed by atoms with E-state index < -0.39 is 0 Å². The summed E-state index contributed by atoms with van der Waals surface area (Å²) in [5.74, 6) is 0.530. The number of carbonyl (C=O) groups is 1. The van der Waals surface area contributed by atoms with Gasteiger partial charge in [0.2, 0.25) is 0 Å². The van der Waals surface area contributed by atoms with Gasteiger partial charge in [-0.15, -0.1) is 0 Å². The summed E-state index contributed by atoms with van der Waals surface area (Å²) in [4.78, 5) is 23.4. The zero-order valence-corrected chi connectivity index (χ0v) is 15.9. The number of hydrogen-bond acceptors (Lipinski definition) is 7. The molecule has 1 saturated heterocycles. The van der Waals surface area contributed by atoms with Crippen LogP contribution in [-0.2, 0) is 9.47 Å². The number of nitrogens with zero attached hydrogens (tertiary/aromatic N) is 3. The molecule has 2 N–H and O–H groups in total. The van der Waals surface area contributed by atoms with Gasteiger partial charge in [0.15, 0.2) is 0 Å². The highest BCUT2D eigenvalue weighted by Gasteiger charge is 2.26. The molecule has 0 unspecified atom stereocenters. The largest absolute Gasteiger partial charge is 0.465 e. The molecule has 146 valence electrons. The molecule has 7 nitrogen and oxygen atoms in total. The fraction of sp³-hybridized carbons (Fsp3) is 0.381. The highest BCUT2D eigenvalue weighted by molar-refractivity contribution is 6.11. The smallest absolute Gasteiger partial charge is 0.337 e. The number of ether oxygens (including phenoxy) is 2. The van der Waals surface area contributed by atoms with Crippen molar-refractivity contribution >= 4 is 33.5 Å². The van der Waals surface area contributed by atoms with Crippen molar-refractivity contribution in [3.63, 3.8) is 0 Å². The van der Waals surface area contributed by atoms with Crippen LogP contribution in [0.15, 0.2) is 36.7 Å². The maximum atomic E-state index is 11.9. The van der Waals surface area contributed by atoms with Crippen LogP contribution in [0.25, 0.3) is 21.7 Å². The van der Waals surface area contributed by atoms with Crippen LogP contribution >= 0.6 is 0 Å². The Morgan fingerprint density at radius 1 is 1.29 bits per heavy atom. The highest BCUT2D eigenvalue weighted by atomic mass is 16.5. The number of carbonyl (C=O) groups excluding carboxylic acids is 1. The summed E-state index contributed by atoms with van der Waals surface area (Å²) in [7, 11) is 1.38. The Kier molecular flexibility index (Phi) is 5.36. The summed E-state index contributed by atoms with van der Waals surface area (Å²) >= 11 is 0. The maximum absolute atomic E-state index is 11.9. The number of anilines is 1. The molecule has 0 bridgehead atoms. The summed E-state index contributed by atoms with van der Waals surface area (Å²) in [6.07, 6.45) is 5.65. The van der Waals surface area contributed by atoms with Crippen LogP contribution in [0.4, 0.5) is 5.82 Å². The Balaban J connectivity index is 1.73. The lowest BCUT2D eigenvalue weighted by atomic mass is 10.1. The summed E-state index contributed by atoms with van der Waals surface area (Å²) in [5.41, 5.74) is 6.79. The number of methoxy groups -OCH3 is 1. The van der Waals surface area contributed by atoms with Gasteiger partial charge in [0.1, 0.15) is 5.82 Å². The van der Waals surface area contributed by atoms with Crippen molar-refractivity contribution in [3.05, 3.63) is 42.2 Å². The summed E-state index contributed by atoms with van der Waals surface area (Å²) in [5, 5.41) is 3.04. The van der Waals surface area contributed by atoms with Gasteiger partial charge >= 0.3 is 5.97 Å². The van der Waals surface area contributed by atoms with Crippen molar-refractivity contribution in [1.29, 1.82) is 0 Å². The summed E-state index contributed by atoms with van der Waals surface area (Å²) in [6, 6.07) is 7.45. The van der Waals surface area contributed by atoms with Crippen molar-refractivity contribution in [1.82, 2.24) is 9.97 Å². The second-order valence-electron chi connectivity index (χ2n) is 6.95. The predicted molar refractivity (Wildman–Crippen MR) is 109 cm³/mol. The Labute approximate surface area is 163 Å². The number of fused-ring (bicyclic) bond motifs is 3. The van der Waals surface area contributed by atoms with Gasteiger partial charge in [-0.05, 0) is 37.6 Å². The quantitative estimate of drug-likeness (QED) is 0.399. The van der Waals surface area contributed by atoms with E-state index >= 15 is 0 Å². The molecular formula is C21H24N4O3. The molecule has 4 rings (SSSR count). The van der Waals surface area contributed by atoms with Crippen LogP contribution in [-0.4, -0.2) is 55.4 Å². The van der Waals surface area contributed by atoms with E-state index in [2.05, 4.69) is 9.88 Å². The van der Waals surface area contributed by atoms with E-state index in [4.69, 9.17) is 20.2 Å². The van der Waals surface area contributed by atoms with Crippen molar-refractivity contribution < 1.29 is 14.3 Å². The van der Waals surface area contributed by atoms with Crippen LogP contribution < -0.4 is 10.6 Å². The Morgan fingerprint density at radius 3 is 3.00 bits per heavy atom. The summed E-state index contributed by atoms with van der Waals surface area (Å²) in [6.45, 7) is 2.99. The molecule has 0 radical (unpaired) electrons. The van der Waals surface area contributed by atoms with Gasteiger partial charge in [0.25, 0.3) is 0 Å². The first-order valence-electron chi connectivity index (χ1n) is 9.53. The molecule has 0 aliphatic carbocycles. The van der Waals surface area contributed by atoms with E-state index in [0.717, 1.165) is 53.4 Å². The molecule has 0 amide bonds. The SMILES string of the molecule is COC(=O)c1ccc2c(c1)nc(N1CC[C@@H](OCCCN)C1)c1ccncc12. The Morgan fingerprint density at radius 2 is 2.18 bits per heavy atom. The molecule has 3 aromatic rings. The van der Waals surface area contributed by atoms with Crippen LogP contribution in [0.3, 0.4) is 0 Å². The molecule has 7 heteroatoms. The van der Waals surface area contributed by atoms with Crippen molar-refractivity contribution in [2.24, 2.45) is 5.73 Å². The number of pyridine rings is 2. The maximum Gasteiger partial charge on any atom is 0.337 e. The van der Waals surface area contributed by atoms with Crippen molar-refractivity contribution in [3.8, 4) is 0 Å². The van der Waals surface area contributed by atoms with Gasteiger partial charge in [-0.2, -0.15) is 0 Å². The first-order valence-corrected chi connectivity index (χ1v) is 9.53. The number of esters is 1. The fourth-order valence-corrected chi connectivity index (χ4v) is 3.71. The third-order valence-corrected chi connectivity index (χ3v) is 5.14. The lowest BCUT2D eigenvalue weighted by molar-refractivity contribution is 0.0600. The molecule has 1 atom stereocenters. The number of benzene rings is 1. The van der Waals surface area contributed by atoms with Gasteiger partial charge < -0.3 is 20.1 Å². The molecule has 1 aliphatic rings. The average molecular weight is 380 g/mol. The average Bonchev–Trinajstić information content (AvgIpc) is 3.21. The van der Waals surface area contributed by atoms with Crippen LogP contribution in [0, 0.1) is 0 Å². The van der Waals surface area contributed by atoms with E-state index in [-0.39, 0.29) is 12.1 Å². The molecule has 2 aromatic heterocycles. The standard InChI is InChI=1S/C21H24N4O3/c1-27-21(26)14-3-4-16-18-12-23-8-5-17(18)20(24-19(16)11-14)25-9-6-15(13-25)28-10-2-7-22/h3-5,8,11-12,15H,2,6-7,9-10,13,22H2,1H3/t15-/m1/s1. The van der Waals surface area contributed by atoms with E-state index in [0.29, 0.717) is 18.7 Å². The minimum absolute atomic E-state index is 0.183. The van der Waals surface area contributed by atoms with Crippen LogP contribution in [0.5, 0.6) is 0 Å². The van der Waals surface area contributed by atoms with Gasteiger partial charge in [0.05, 0.1) is 24.3 Å². The monoisotopic (exact) mass is 380 g/mol. The zero-order valence-electron chi connectivity index (χ0n) is 15.9. The molecule has 28 heavy (non-hydrogen) atoms. The van der Waals surface area contributed by atoms with Crippen molar-refractivity contribution in [2.75, 3.05) is 38.3 Å². The van der Waals surface area contributed by atoms with Gasteiger partial charge in [0, 0.05) is 48.2 Å². The van der Waals surface area contributed by atoms with Crippen LogP contribution in [0.1, 0.15) is 23.2 Å². The number of hydrogen-bond donors (Lipinski definition) is 1. The highest BCUT2D eigenvalue weighted by Crippen LogP contribution is 2.33. The van der Waals surface area contributed by atoms with Gasteiger partial charge in [-0.25, -0.2) is 9.78 Å². The normalized spacial score (nSPS) is 16.8. The minimum atomic E-state index is -0.369. The number of nitrogens with two attached hydrogens (primary N) is 1. The number of aromatic nitrogens is 2. The molecule has 3 heterocycles. The number of rotatable bonds is 6. The third kappa shape index (κ3) is 3.50. The van der Waals surface area contributed by atoms with E-state index in [1.807, 2.05) is 18.3 Å². The van der Waals surface area contributed by atoms with E-state index in [9.17, 15) is 4.79 Å². The molecule has 0 saturated carbocycles. The lowest BCUT2D eigenvalue weighted by Crippen LogP contribution is -2.24. The fourth-order valence-electron chi connectivity index (χ4n) is 3.71. The van der Waals surface area contributed by atoms with Gasteiger partial charge in [-0.1, -0.05) is 6.07 Å². The summed E-state index contributed by atoms with van der Waals surface area (Å²) < 4.78 is 10.8.